The minimum absolute atomic E-state index is 0.0349. The molecule has 1 amide bonds. The van der Waals surface area contributed by atoms with Crippen LogP contribution in [0.2, 0.25) is 0 Å². The fourth-order valence-corrected chi connectivity index (χ4v) is 1.54. The Hall–Kier alpha value is -2.25. The van der Waals surface area contributed by atoms with Crippen LogP contribution in [-0.2, 0) is 18.9 Å². The average molecular weight is 365 g/mol. The Bertz CT molecular complexity index is 503. The van der Waals surface area contributed by atoms with Crippen LogP contribution in [0.4, 0.5) is 4.79 Å². The van der Waals surface area contributed by atoms with Crippen molar-refractivity contribution in [2.75, 3.05) is 40.0 Å². The average Bonchev–Trinajstić information content (AvgIpc) is 2.56. The second-order valence-corrected chi connectivity index (χ2v) is 5.84. The van der Waals surface area contributed by atoms with E-state index >= 15 is 0 Å². The molecule has 0 aromatic rings. The zero-order chi connectivity index (χ0) is 19.8. The lowest BCUT2D eigenvalue weighted by atomic mass is 10.2. The van der Waals surface area contributed by atoms with Gasteiger partial charge in [0.05, 0.1) is 0 Å². The van der Waals surface area contributed by atoms with Gasteiger partial charge in [-0.2, -0.15) is 0 Å². The first-order valence-electron chi connectivity index (χ1n) is 7.85. The first-order chi connectivity index (χ1) is 12.4. The lowest BCUT2D eigenvalue weighted by molar-refractivity contribution is -0.0455. The van der Waals surface area contributed by atoms with Gasteiger partial charge in [-0.15, -0.1) is 19.3 Å². The molecule has 0 rings (SSSR count). The number of hydrogen-bond donors (Lipinski definition) is 2. The summed E-state index contributed by atoms with van der Waals surface area (Å²) in [6.45, 7) is 5.58. The zero-order valence-electron chi connectivity index (χ0n) is 15.5. The van der Waals surface area contributed by atoms with E-state index in [4.69, 9.17) is 38.2 Å². The molecule has 0 heterocycles. The van der Waals surface area contributed by atoms with E-state index in [9.17, 15) is 4.79 Å². The Morgan fingerprint density at radius 3 is 1.85 bits per heavy atom. The third-order valence-corrected chi connectivity index (χ3v) is 2.48. The molecule has 0 saturated heterocycles. The molecule has 0 atom stereocenters. The molecule has 144 valence electrons. The van der Waals surface area contributed by atoms with Gasteiger partial charge in [0, 0.05) is 0 Å². The van der Waals surface area contributed by atoms with Crippen molar-refractivity contribution in [3.8, 4) is 37.0 Å². The fraction of sp³-hybridized carbons (Fsp3) is 0.611. The first kappa shape index (κ1) is 23.8. The number of nitrogens with one attached hydrogen (secondary N) is 2. The van der Waals surface area contributed by atoms with Gasteiger partial charge in [0.15, 0.2) is 0 Å². The number of amides is 1. The minimum atomic E-state index is -0.738. The monoisotopic (exact) mass is 365 g/mol. The number of carbonyl (C=O) groups excluding carboxylic acids is 1. The van der Waals surface area contributed by atoms with E-state index < -0.39 is 18.0 Å². The molecule has 8 heteroatoms. The first-order valence-corrected chi connectivity index (χ1v) is 7.85. The molecular formula is C18H27N3O5. The maximum atomic E-state index is 12.5. The largest absolute Gasteiger partial charge is 0.444 e. The van der Waals surface area contributed by atoms with Gasteiger partial charge in [-0.1, -0.05) is 17.8 Å². The van der Waals surface area contributed by atoms with E-state index in [1.165, 1.54) is 4.90 Å². The molecule has 0 aromatic heterocycles. The van der Waals surface area contributed by atoms with Crippen molar-refractivity contribution in [1.82, 2.24) is 15.5 Å². The van der Waals surface area contributed by atoms with Crippen LogP contribution in [0, 0.1) is 37.0 Å². The molecular weight excluding hydrogens is 338 g/mol. The van der Waals surface area contributed by atoms with Gasteiger partial charge in [0.1, 0.15) is 51.9 Å². The van der Waals surface area contributed by atoms with Crippen molar-refractivity contribution in [2.24, 2.45) is 0 Å². The molecule has 26 heavy (non-hydrogen) atoms. The summed E-state index contributed by atoms with van der Waals surface area (Å²) in [7, 11) is 0. The van der Waals surface area contributed by atoms with Gasteiger partial charge in [-0.3, -0.25) is 15.5 Å². The molecule has 0 unspecified atom stereocenters. The van der Waals surface area contributed by atoms with E-state index in [1.54, 1.807) is 20.8 Å². The summed E-state index contributed by atoms with van der Waals surface area (Å²) in [5.74, 6) is 7.02. The Kier molecular flexibility index (Phi) is 12.8. The Morgan fingerprint density at radius 1 is 0.962 bits per heavy atom. The topological polar surface area (TPSA) is 81.3 Å². The highest BCUT2D eigenvalue weighted by Gasteiger charge is 2.28. The quantitative estimate of drug-likeness (QED) is 0.296. The smallest absolute Gasteiger partial charge is 0.414 e. The molecule has 0 radical (unpaired) electrons. The van der Waals surface area contributed by atoms with Crippen LogP contribution in [-0.4, -0.2) is 62.9 Å². The number of terminal acetylenes is 3. The second kappa shape index (κ2) is 14.0. The van der Waals surface area contributed by atoms with Gasteiger partial charge < -0.3 is 18.9 Å². The van der Waals surface area contributed by atoms with Crippen molar-refractivity contribution in [3.05, 3.63) is 0 Å². The van der Waals surface area contributed by atoms with Crippen LogP contribution in [0.3, 0.4) is 0 Å². The highest BCUT2D eigenvalue weighted by molar-refractivity contribution is 5.68. The highest BCUT2D eigenvalue weighted by Crippen LogP contribution is 2.11. The lowest BCUT2D eigenvalue weighted by Gasteiger charge is -2.33. The summed E-state index contributed by atoms with van der Waals surface area (Å²) in [6, 6.07) is 0. The van der Waals surface area contributed by atoms with Crippen molar-refractivity contribution in [1.29, 1.82) is 0 Å². The zero-order valence-corrected chi connectivity index (χ0v) is 15.5. The molecule has 0 bridgehead atoms. The summed E-state index contributed by atoms with van der Waals surface area (Å²) in [5, 5.41) is 5.92. The number of carbonyl (C=O) groups is 1. The maximum absolute atomic E-state index is 12.5. The Morgan fingerprint density at radius 2 is 1.42 bits per heavy atom. The summed E-state index contributed by atoms with van der Waals surface area (Å²) < 4.78 is 21.0. The van der Waals surface area contributed by atoms with Crippen LogP contribution >= 0.6 is 0 Å². The van der Waals surface area contributed by atoms with Crippen LogP contribution < -0.4 is 10.6 Å². The van der Waals surface area contributed by atoms with Crippen molar-refractivity contribution in [2.45, 2.75) is 32.7 Å². The van der Waals surface area contributed by atoms with Crippen molar-refractivity contribution >= 4 is 6.09 Å². The third-order valence-electron chi connectivity index (χ3n) is 2.48. The van der Waals surface area contributed by atoms with Crippen LogP contribution in [0.15, 0.2) is 0 Å². The predicted octanol–water partition coefficient (Wildman–Crippen LogP) is 0.508. The normalized spacial score (nSPS) is 10.7. The van der Waals surface area contributed by atoms with Gasteiger partial charge >= 0.3 is 6.09 Å². The van der Waals surface area contributed by atoms with Crippen LogP contribution in [0.5, 0.6) is 0 Å². The second-order valence-electron chi connectivity index (χ2n) is 5.84. The van der Waals surface area contributed by atoms with Gasteiger partial charge in [0.2, 0.25) is 0 Å². The number of ether oxygens (including phenoxy) is 4. The Labute approximate surface area is 155 Å². The molecule has 8 nitrogen and oxygen atoms in total. The van der Waals surface area contributed by atoms with E-state index in [2.05, 4.69) is 28.4 Å². The van der Waals surface area contributed by atoms with E-state index in [0.717, 1.165) is 0 Å². The third kappa shape index (κ3) is 12.2. The highest BCUT2D eigenvalue weighted by atomic mass is 16.6. The summed E-state index contributed by atoms with van der Waals surface area (Å²) >= 11 is 0. The van der Waals surface area contributed by atoms with E-state index in [-0.39, 0.29) is 40.0 Å². The molecule has 0 spiro atoms. The number of hydrogen-bond acceptors (Lipinski definition) is 7. The molecule has 0 aliphatic heterocycles. The summed E-state index contributed by atoms with van der Waals surface area (Å²) in [6.07, 6.45) is 14.1. The number of rotatable bonds is 12. The van der Waals surface area contributed by atoms with Gasteiger partial charge in [0.25, 0.3) is 0 Å². The maximum Gasteiger partial charge on any atom is 0.414 e. The van der Waals surface area contributed by atoms with E-state index in [0.29, 0.717) is 0 Å². The Balaban J connectivity index is 5.04. The molecule has 0 aliphatic carbocycles. The van der Waals surface area contributed by atoms with Crippen LogP contribution in [0.25, 0.3) is 0 Å². The van der Waals surface area contributed by atoms with E-state index in [1.807, 2.05) is 0 Å². The minimum Gasteiger partial charge on any atom is -0.444 e. The summed E-state index contributed by atoms with van der Waals surface area (Å²) in [4.78, 5) is 13.8. The fourth-order valence-electron chi connectivity index (χ4n) is 1.54. The molecule has 0 fully saturated rings. The standard InChI is InChI=1S/C18H27N3O5/c1-7-10-23-13-19-16(20-14-24-11-8-2)21(15-25-12-9-3)17(22)26-18(4,5)6/h1-3,16,19-20H,10-15H2,4-6H3. The molecule has 0 aliphatic rings. The lowest BCUT2D eigenvalue weighted by Crippen LogP contribution is -2.59. The summed E-state index contributed by atoms with van der Waals surface area (Å²) in [5.41, 5.74) is -0.689. The molecule has 0 aromatic carbocycles. The van der Waals surface area contributed by atoms with Crippen molar-refractivity contribution < 1.29 is 23.7 Å². The van der Waals surface area contributed by atoms with Crippen LogP contribution in [0.1, 0.15) is 20.8 Å². The van der Waals surface area contributed by atoms with Crippen molar-refractivity contribution in [3.63, 3.8) is 0 Å². The molecule has 2 N–H and O–H groups in total. The predicted molar refractivity (Wildman–Crippen MR) is 97.1 cm³/mol. The van der Waals surface area contributed by atoms with Gasteiger partial charge in [-0.05, 0) is 20.8 Å². The SMILES string of the molecule is C#CCOCNC(NCOCC#C)N(COCC#C)C(=O)OC(C)(C)C. The molecule has 0 saturated carbocycles. The number of nitrogens with zero attached hydrogens (tertiary/aromatic N) is 1. The van der Waals surface area contributed by atoms with Gasteiger partial charge in [-0.25, -0.2) is 4.79 Å².